The molecular formula is C12H8O4. The lowest BCUT2D eigenvalue weighted by molar-refractivity contribution is 0.0684. The van der Waals surface area contributed by atoms with Crippen molar-refractivity contribution < 1.29 is 19.8 Å². The van der Waals surface area contributed by atoms with Crippen molar-refractivity contribution in [2.75, 3.05) is 0 Å². The maximum absolute atomic E-state index is 10.9. The van der Waals surface area contributed by atoms with Crippen molar-refractivity contribution in [3.05, 3.63) is 47.5 Å². The van der Waals surface area contributed by atoms with Crippen LogP contribution in [-0.2, 0) is 0 Å². The first-order valence-corrected chi connectivity index (χ1v) is 4.59. The Morgan fingerprint density at radius 2 is 1.12 bits per heavy atom. The van der Waals surface area contributed by atoms with Crippen LogP contribution in [0.1, 0.15) is 20.7 Å². The minimum absolute atomic E-state index is 0.112. The van der Waals surface area contributed by atoms with Crippen LogP contribution in [-0.4, -0.2) is 22.2 Å². The zero-order valence-electron chi connectivity index (χ0n) is 8.18. The van der Waals surface area contributed by atoms with Crippen molar-refractivity contribution in [2.45, 2.75) is 0 Å². The van der Waals surface area contributed by atoms with Crippen LogP contribution in [0.4, 0.5) is 0 Å². The normalized spacial score (nSPS) is 10.2. The van der Waals surface area contributed by atoms with Gasteiger partial charge in [0.05, 0.1) is 11.1 Å². The van der Waals surface area contributed by atoms with Crippen LogP contribution < -0.4 is 0 Å². The minimum atomic E-state index is -1.06. The van der Waals surface area contributed by atoms with Crippen LogP contribution in [0.25, 0.3) is 10.8 Å². The molecule has 0 heterocycles. The molecule has 80 valence electrons. The summed E-state index contributed by atoms with van der Waals surface area (Å²) in [7, 11) is 0. The first-order chi connectivity index (χ1) is 7.61. The molecule has 16 heavy (non-hydrogen) atoms. The fourth-order valence-electron chi connectivity index (χ4n) is 1.67. The number of fused-ring (bicyclic) bond motifs is 1. The average molecular weight is 216 g/mol. The number of rotatable bonds is 2. The number of aromatic carboxylic acids is 2. The van der Waals surface area contributed by atoms with Crippen molar-refractivity contribution >= 4 is 22.7 Å². The highest BCUT2D eigenvalue weighted by Crippen LogP contribution is 2.22. The molecule has 0 saturated carbocycles. The molecule has 2 aromatic rings. The number of hydrogen-bond donors (Lipinski definition) is 2. The van der Waals surface area contributed by atoms with Crippen LogP contribution >= 0.6 is 0 Å². The van der Waals surface area contributed by atoms with E-state index in [0.29, 0.717) is 10.8 Å². The van der Waals surface area contributed by atoms with Crippen molar-refractivity contribution in [1.29, 1.82) is 0 Å². The lowest BCUT2D eigenvalue weighted by Gasteiger charge is -2.05. The van der Waals surface area contributed by atoms with Gasteiger partial charge in [0.25, 0.3) is 0 Å². The molecule has 4 nitrogen and oxygen atoms in total. The summed E-state index contributed by atoms with van der Waals surface area (Å²) in [5, 5.41) is 18.8. The summed E-state index contributed by atoms with van der Waals surface area (Å²) in [6, 6.07) is 9.19. The Bertz CT molecular complexity index is 534. The topological polar surface area (TPSA) is 74.6 Å². The Hall–Kier alpha value is -2.36. The van der Waals surface area contributed by atoms with Gasteiger partial charge in [-0.1, -0.05) is 24.3 Å². The third-order valence-electron chi connectivity index (χ3n) is 2.38. The molecule has 0 aliphatic rings. The third-order valence-corrected chi connectivity index (χ3v) is 2.38. The minimum Gasteiger partial charge on any atom is -0.478 e. The molecule has 2 N–H and O–H groups in total. The molecule has 4 heteroatoms. The maximum Gasteiger partial charge on any atom is 0.336 e. The Morgan fingerprint density at radius 3 is 1.44 bits per heavy atom. The van der Waals surface area contributed by atoms with Gasteiger partial charge in [0.2, 0.25) is 0 Å². The van der Waals surface area contributed by atoms with E-state index in [1.54, 1.807) is 24.3 Å². The van der Waals surface area contributed by atoms with Crippen molar-refractivity contribution in [2.24, 2.45) is 0 Å². The molecule has 0 atom stereocenters. The highest BCUT2D eigenvalue weighted by molar-refractivity contribution is 6.10. The van der Waals surface area contributed by atoms with E-state index in [1.807, 2.05) is 0 Å². The number of hydrogen-bond acceptors (Lipinski definition) is 2. The first kappa shape index (κ1) is 10.2. The van der Waals surface area contributed by atoms with E-state index in [1.165, 1.54) is 12.1 Å². The molecule has 0 bridgehead atoms. The second kappa shape index (κ2) is 3.66. The summed E-state index contributed by atoms with van der Waals surface area (Å²) in [6.45, 7) is 0. The average Bonchev–Trinajstić information content (AvgIpc) is 2.27. The molecule has 0 unspecified atom stereocenters. The fraction of sp³-hybridized carbons (Fsp3) is 0. The van der Waals surface area contributed by atoms with Gasteiger partial charge in [0.15, 0.2) is 0 Å². The first-order valence-electron chi connectivity index (χ1n) is 4.59. The van der Waals surface area contributed by atoms with Gasteiger partial charge >= 0.3 is 11.9 Å². The second-order valence-corrected chi connectivity index (χ2v) is 3.32. The third kappa shape index (κ3) is 1.50. The van der Waals surface area contributed by atoms with Crippen LogP contribution in [0.3, 0.4) is 0 Å². The molecule has 0 amide bonds. The number of carbonyl (C=O) groups is 2. The Kier molecular flexibility index (Phi) is 2.32. The molecule has 2 rings (SSSR count). The summed E-state index contributed by atoms with van der Waals surface area (Å²) in [5.41, 5.74) is 0.223. The molecule has 0 aromatic heterocycles. The van der Waals surface area contributed by atoms with Crippen LogP contribution in [0.5, 0.6) is 0 Å². The lowest BCUT2D eigenvalue weighted by Crippen LogP contribution is -2.02. The SMILES string of the molecule is O=C(O)c1ccc(C(=O)O)c2ccccc12. The molecule has 0 aliphatic heterocycles. The largest absolute Gasteiger partial charge is 0.478 e. The van der Waals surface area contributed by atoms with Crippen molar-refractivity contribution in [3.63, 3.8) is 0 Å². The van der Waals surface area contributed by atoms with E-state index in [9.17, 15) is 9.59 Å². The zero-order valence-corrected chi connectivity index (χ0v) is 8.18. The zero-order chi connectivity index (χ0) is 11.7. The highest BCUT2D eigenvalue weighted by Gasteiger charge is 2.13. The Morgan fingerprint density at radius 1 is 0.750 bits per heavy atom. The van der Waals surface area contributed by atoms with Gasteiger partial charge < -0.3 is 10.2 Å². The molecule has 0 spiro atoms. The maximum atomic E-state index is 10.9. The summed E-state index contributed by atoms with van der Waals surface area (Å²) in [6.07, 6.45) is 0. The summed E-state index contributed by atoms with van der Waals surface area (Å²) in [4.78, 5) is 21.9. The van der Waals surface area contributed by atoms with Crippen LogP contribution in [0.15, 0.2) is 36.4 Å². The highest BCUT2D eigenvalue weighted by atomic mass is 16.4. The predicted molar refractivity (Wildman–Crippen MR) is 57.9 cm³/mol. The monoisotopic (exact) mass is 216 g/mol. The molecule has 2 aromatic carbocycles. The van der Waals surface area contributed by atoms with Gasteiger partial charge in [0, 0.05) is 0 Å². The molecule has 0 aliphatic carbocycles. The lowest BCUT2D eigenvalue weighted by atomic mass is 10.00. The van der Waals surface area contributed by atoms with E-state index in [2.05, 4.69) is 0 Å². The van der Waals surface area contributed by atoms with Gasteiger partial charge in [-0.05, 0) is 22.9 Å². The van der Waals surface area contributed by atoms with E-state index in [4.69, 9.17) is 10.2 Å². The van der Waals surface area contributed by atoms with Crippen LogP contribution in [0.2, 0.25) is 0 Å². The number of carboxylic acids is 2. The standard InChI is InChI=1S/C12H8O4/c13-11(14)9-5-6-10(12(15)16)8-4-2-1-3-7(8)9/h1-6H,(H,13,14)(H,15,16). The summed E-state index contributed by atoms with van der Waals surface area (Å²) >= 11 is 0. The van der Waals surface area contributed by atoms with Gasteiger partial charge in [-0.25, -0.2) is 9.59 Å². The Balaban J connectivity index is 2.87. The quantitative estimate of drug-likeness (QED) is 0.807. The van der Waals surface area contributed by atoms with E-state index in [-0.39, 0.29) is 11.1 Å². The van der Waals surface area contributed by atoms with Gasteiger partial charge in [-0.15, -0.1) is 0 Å². The summed E-state index contributed by atoms with van der Waals surface area (Å²) in [5.74, 6) is -2.12. The number of carboxylic acid groups (broad SMARTS) is 2. The summed E-state index contributed by atoms with van der Waals surface area (Å²) < 4.78 is 0. The molecule has 0 saturated heterocycles. The van der Waals surface area contributed by atoms with Crippen LogP contribution in [0, 0.1) is 0 Å². The van der Waals surface area contributed by atoms with E-state index >= 15 is 0 Å². The smallest absolute Gasteiger partial charge is 0.336 e. The fourth-order valence-corrected chi connectivity index (χ4v) is 1.67. The predicted octanol–water partition coefficient (Wildman–Crippen LogP) is 2.24. The Labute approximate surface area is 90.8 Å². The van der Waals surface area contributed by atoms with E-state index in [0.717, 1.165) is 0 Å². The van der Waals surface area contributed by atoms with Crippen molar-refractivity contribution in [1.82, 2.24) is 0 Å². The van der Waals surface area contributed by atoms with Gasteiger partial charge in [-0.3, -0.25) is 0 Å². The van der Waals surface area contributed by atoms with Crippen molar-refractivity contribution in [3.8, 4) is 0 Å². The van der Waals surface area contributed by atoms with Gasteiger partial charge in [0.1, 0.15) is 0 Å². The molecular weight excluding hydrogens is 208 g/mol. The molecule has 0 fully saturated rings. The second-order valence-electron chi connectivity index (χ2n) is 3.32. The van der Waals surface area contributed by atoms with Gasteiger partial charge in [-0.2, -0.15) is 0 Å². The molecule has 0 radical (unpaired) electrons. The number of benzene rings is 2. The van der Waals surface area contributed by atoms with E-state index < -0.39 is 11.9 Å².